The van der Waals surface area contributed by atoms with Crippen LogP contribution in [0.4, 0.5) is 0 Å². The van der Waals surface area contributed by atoms with Crippen molar-refractivity contribution in [2.24, 2.45) is 5.73 Å². The molecule has 0 saturated heterocycles. The lowest BCUT2D eigenvalue weighted by Gasteiger charge is -2.21. The molecule has 0 spiro atoms. The lowest BCUT2D eigenvalue weighted by atomic mass is 9.95. The topological polar surface area (TPSA) is 97.1 Å². The Morgan fingerprint density at radius 3 is 2.56 bits per heavy atom. The molecule has 3 rings (SSSR count). The number of hydrogen-bond acceptors (Lipinski definition) is 6. The quantitative estimate of drug-likeness (QED) is 0.619. The summed E-state index contributed by atoms with van der Waals surface area (Å²) in [5.74, 6) is 0.453. The number of cyclic esters (lactones) is 1. The first-order valence-electron chi connectivity index (χ1n) is 8.17. The summed E-state index contributed by atoms with van der Waals surface area (Å²) in [6.07, 6.45) is 1.66. The molecule has 2 N–H and O–H groups in total. The monoisotopic (exact) mass is 369 g/mol. The standard InChI is InChI=1S/C20H19NO6/c1-24-17-8-13-10-27-20(23)15(14(13)9-18(17)25-2)7-12-5-3-4-6-16(12)26-11-19(21)22/h3-9H,10-11H2,1-2H3,(H2,21,22)/b15-7-. The number of amides is 1. The number of methoxy groups -OCH3 is 2. The second kappa shape index (κ2) is 7.82. The van der Waals surface area contributed by atoms with Gasteiger partial charge in [-0.05, 0) is 29.8 Å². The van der Waals surface area contributed by atoms with Gasteiger partial charge in [0.1, 0.15) is 12.4 Å². The van der Waals surface area contributed by atoms with E-state index < -0.39 is 11.9 Å². The molecule has 0 unspecified atom stereocenters. The Balaban J connectivity index is 2.08. The molecule has 0 aromatic heterocycles. The maximum atomic E-state index is 12.4. The normalized spacial score (nSPS) is 14.3. The zero-order valence-electron chi connectivity index (χ0n) is 15.0. The molecule has 0 bridgehead atoms. The summed E-state index contributed by atoms with van der Waals surface area (Å²) >= 11 is 0. The highest BCUT2D eigenvalue weighted by molar-refractivity contribution is 6.23. The van der Waals surface area contributed by atoms with Crippen LogP contribution in [0.15, 0.2) is 36.4 Å². The molecular weight excluding hydrogens is 350 g/mol. The van der Waals surface area contributed by atoms with Crippen LogP contribution in [-0.2, 0) is 20.9 Å². The van der Waals surface area contributed by atoms with Gasteiger partial charge in [0, 0.05) is 11.1 Å². The summed E-state index contributed by atoms with van der Waals surface area (Å²) in [6, 6.07) is 10.6. The van der Waals surface area contributed by atoms with Crippen molar-refractivity contribution in [1.82, 2.24) is 0 Å². The molecule has 1 aliphatic rings. The Labute approximate surface area is 156 Å². The fourth-order valence-electron chi connectivity index (χ4n) is 2.79. The molecule has 0 fully saturated rings. The molecule has 1 aliphatic heterocycles. The van der Waals surface area contributed by atoms with Crippen LogP contribution in [0.1, 0.15) is 16.7 Å². The van der Waals surface area contributed by atoms with Crippen LogP contribution >= 0.6 is 0 Å². The highest BCUT2D eigenvalue weighted by atomic mass is 16.5. The number of carbonyl (C=O) groups is 2. The number of esters is 1. The zero-order valence-corrected chi connectivity index (χ0v) is 15.0. The highest BCUT2D eigenvalue weighted by Gasteiger charge is 2.26. The van der Waals surface area contributed by atoms with Crippen LogP contribution in [-0.4, -0.2) is 32.7 Å². The van der Waals surface area contributed by atoms with Gasteiger partial charge in [0.25, 0.3) is 5.91 Å². The Hall–Kier alpha value is -3.48. The zero-order chi connectivity index (χ0) is 19.4. The van der Waals surface area contributed by atoms with Crippen LogP contribution in [0.5, 0.6) is 17.2 Å². The van der Waals surface area contributed by atoms with Crippen molar-refractivity contribution in [3.63, 3.8) is 0 Å². The SMILES string of the molecule is COc1cc2c(cc1OC)/C(=C/c1ccccc1OCC(N)=O)C(=O)OC2. The minimum atomic E-state index is -0.586. The van der Waals surface area contributed by atoms with Crippen LogP contribution in [0.25, 0.3) is 11.6 Å². The van der Waals surface area contributed by atoms with Gasteiger partial charge in [0.2, 0.25) is 0 Å². The molecular formula is C20H19NO6. The molecule has 7 heteroatoms. The first-order chi connectivity index (χ1) is 13.0. The molecule has 0 radical (unpaired) electrons. The van der Waals surface area contributed by atoms with E-state index in [1.165, 1.54) is 7.11 Å². The Morgan fingerprint density at radius 2 is 1.85 bits per heavy atom. The fraction of sp³-hybridized carbons (Fsp3) is 0.200. The first kappa shape index (κ1) is 18.3. The molecule has 1 heterocycles. The minimum absolute atomic E-state index is 0.145. The lowest BCUT2D eigenvalue weighted by molar-refractivity contribution is -0.138. The van der Waals surface area contributed by atoms with E-state index in [-0.39, 0.29) is 13.2 Å². The third kappa shape index (κ3) is 3.87. The Bertz CT molecular complexity index is 919. The van der Waals surface area contributed by atoms with Gasteiger partial charge in [-0.3, -0.25) is 4.79 Å². The van der Waals surface area contributed by atoms with Crippen molar-refractivity contribution >= 4 is 23.5 Å². The summed E-state index contributed by atoms with van der Waals surface area (Å²) in [5.41, 5.74) is 7.60. The number of ether oxygens (including phenoxy) is 4. The molecule has 7 nitrogen and oxygen atoms in total. The van der Waals surface area contributed by atoms with Crippen molar-refractivity contribution in [2.75, 3.05) is 20.8 Å². The summed E-state index contributed by atoms with van der Waals surface area (Å²) in [5, 5.41) is 0. The van der Waals surface area contributed by atoms with Crippen molar-refractivity contribution in [2.45, 2.75) is 6.61 Å². The van der Waals surface area contributed by atoms with Crippen molar-refractivity contribution in [3.8, 4) is 17.2 Å². The number of para-hydroxylation sites is 1. The summed E-state index contributed by atoms with van der Waals surface area (Å²) in [4.78, 5) is 23.4. The second-order valence-electron chi connectivity index (χ2n) is 5.79. The molecule has 2 aromatic carbocycles. The van der Waals surface area contributed by atoms with Gasteiger partial charge < -0.3 is 24.7 Å². The van der Waals surface area contributed by atoms with Gasteiger partial charge >= 0.3 is 5.97 Å². The van der Waals surface area contributed by atoms with E-state index in [2.05, 4.69) is 0 Å². The summed E-state index contributed by atoms with van der Waals surface area (Å²) in [7, 11) is 3.07. The third-order valence-corrected chi connectivity index (χ3v) is 4.07. The predicted molar refractivity (Wildman–Crippen MR) is 98.3 cm³/mol. The Kier molecular flexibility index (Phi) is 5.30. The van der Waals surface area contributed by atoms with Crippen LogP contribution < -0.4 is 19.9 Å². The predicted octanol–water partition coefficient (Wildman–Crippen LogP) is 2.17. The smallest absolute Gasteiger partial charge is 0.339 e. The minimum Gasteiger partial charge on any atom is -0.493 e. The number of primary amides is 1. The Morgan fingerprint density at radius 1 is 1.15 bits per heavy atom. The number of benzene rings is 2. The van der Waals surface area contributed by atoms with Crippen molar-refractivity contribution in [1.29, 1.82) is 0 Å². The third-order valence-electron chi connectivity index (χ3n) is 4.07. The van der Waals surface area contributed by atoms with Crippen LogP contribution in [0.2, 0.25) is 0 Å². The van der Waals surface area contributed by atoms with Crippen molar-refractivity contribution in [3.05, 3.63) is 53.1 Å². The lowest BCUT2D eigenvalue weighted by Crippen LogP contribution is -2.20. The fourth-order valence-corrected chi connectivity index (χ4v) is 2.79. The van der Waals surface area contributed by atoms with E-state index in [0.29, 0.717) is 33.9 Å². The van der Waals surface area contributed by atoms with Gasteiger partial charge in [0.05, 0.1) is 19.8 Å². The van der Waals surface area contributed by atoms with Crippen LogP contribution in [0.3, 0.4) is 0 Å². The molecule has 1 amide bonds. The van der Waals surface area contributed by atoms with Gasteiger partial charge in [-0.25, -0.2) is 4.79 Å². The first-order valence-corrected chi connectivity index (χ1v) is 8.17. The van der Waals surface area contributed by atoms with Gasteiger partial charge in [-0.1, -0.05) is 18.2 Å². The molecule has 0 aliphatic carbocycles. The van der Waals surface area contributed by atoms with E-state index in [1.807, 2.05) is 0 Å². The largest absolute Gasteiger partial charge is 0.493 e. The number of rotatable bonds is 6. The number of nitrogens with two attached hydrogens (primary N) is 1. The van der Waals surface area contributed by atoms with E-state index >= 15 is 0 Å². The molecule has 0 atom stereocenters. The average molecular weight is 369 g/mol. The number of carbonyl (C=O) groups excluding carboxylic acids is 2. The maximum Gasteiger partial charge on any atom is 0.339 e. The van der Waals surface area contributed by atoms with E-state index in [0.717, 1.165) is 5.56 Å². The van der Waals surface area contributed by atoms with E-state index in [1.54, 1.807) is 49.6 Å². The van der Waals surface area contributed by atoms with E-state index in [9.17, 15) is 9.59 Å². The number of hydrogen-bond donors (Lipinski definition) is 1. The summed E-state index contributed by atoms with van der Waals surface area (Å²) < 4.78 is 21.4. The molecule has 140 valence electrons. The van der Waals surface area contributed by atoms with Gasteiger partial charge in [-0.2, -0.15) is 0 Å². The summed E-state index contributed by atoms with van der Waals surface area (Å²) in [6.45, 7) is -0.113. The molecule has 2 aromatic rings. The van der Waals surface area contributed by atoms with Crippen LogP contribution in [0, 0.1) is 0 Å². The van der Waals surface area contributed by atoms with Gasteiger partial charge in [0.15, 0.2) is 18.1 Å². The van der Waals surface area contributed by atoms with Crippen molar-refractivity contribution < 1.29 is 28.5 Å². The van der Waals surface area contributed by atoms with E-state index in [4.69, 9.17) is 24.7 Å². The maximum absolute atomic E-state index is 12.4. The van der Waals surface area contributed by atoms with Gasteiger partial charge in [-0.15, -0.1) is 0 Å². The molecule has 0 saturated carbocycles. The highest BCUT2D eigenvalue weighted by Crippen LogP contribution is 2.38. The second-order valence-corrected chi connectivity index (χ2v) is 5.79. The molecule has 27 heavy (non-hydrogen) atoms. The average Bonchev–Trinajstić information content (AvgIpc) is 2.68. The number of fused-ring (bicyclic) bond motifs is 1.